The molecule has 3 rings (SSSR count). The van der Waals surface area contributed by atoms with E-state index >= 15 is 0 Å². The zero-order valence-electron chi connectivity index (χ0n) is 13.4. The van der Waals surface area contributed by atoms with E-state index in [1.54, 1.807) is 37.3 Å². The summed E-state index contributed by atoms with van der Waals surface area (Å²) >= 11 is 0. The number of halogens is 2. The molecule has 0 radical (unpaired) electrons. The second-order valence-electron chi connectivity index (χ2n) is 5.79. The summed E-state index contributed by atoms with van der Waals surface area (Å²) in [6.07, 6.45) is -1.52. The molecule has 5 nitrogen and oxygen atoms in total. The highest BCUT2D eigenvalue weighted by Gasteiger charge is 2.44. The van der Waals surface area contributed by atoms with Gasteiger partial charge in [-0.2, -0.15) is 0 Å². The third-order valence-corrected chi connectivity index (χ3v) is 4.15. The minimum atomic E-state index is -1.52. The molecule has 0 spiro atoms. The first-order valence-corrected chi connectivity index (χ1v) is 7.72. The molecule has 0 aliphatic carbocycles. The summed E-state index contributed by atoms with van der Waals surface area (Å²) in [5.74, 6) is -2.03. The number of urea groups is 1. The topological polar surface area (TPSA) is 60.9 Å². The van der Waals surface area contributed by atoms with Crippen LogP contribution in [0.4, 0.5) is 19.3 Å². The van der Waals surface area contributed by atoms with Crippen molar-refractivity contribution in [1.82, 2.24) is 4.90 Å². The van der Waals surface area contributed by atoms with Crippen molar-refractivity contribution in [2.75, 3.05) is 11.4 Å². The monoisotopic (exact) mass is 346 g/mol. The highest BCUT2D eigenvalue weighted by Crippen LogP contribution is 2.28. The summed E-state index contributed by atoms with van der Waals surface area (Å²) in [6, 6.07) is 9.94. The number of hydrogen-bond donors (Lipinski definition) is 1. The normalized spacial score (nSPS) is 18.8. The number of rotatable bonds is 4. The number of para-hydroxylation sites is 1. The first-order chi connectivity index (χ1) is 11.9. The molecule has 1 aliphatic rings. The average molecular weight is 346 g/mol. The van der Waals surface area contributed by atoms with Crippen LogP contribution >= 0.6 is 0 Å². The Hall–Kier alpha value is -2.80. The number of anilines is 1. The molecule has 0 aromatic heterocycles. The van der Waals surface area contributed by atoms with Gasteiger partial charge in [-0.15, -0.1) is 0 Å². The van der Waals surface area contributed by atoms with Gasteiger partial charge in [-0.1, -0.05) is 18.2 Å². The van der Waals surface area contributed by atoms with Crippen LogP contribution in [0.15, 0.2) is 48.5 Å². The molecule has 0 saturated carbocycles. The Bertz CT molecular complexity index is 813. The Kier molecular flexibility index (Phi) is 4.50. The molecule has 0 unspecified atom stereocenters. The lowest BCUT2D eigenvalue weighted by Gasteiger charge is -2.21. The molecule has 130 valence electrons. The van der Waals surface area contributed by atoms with Crippen molar-refractivity contribution in [3.05, 3.63) is 65.7 Å². The third kappa shape index (κ3) is 3.10. The molecule has 2 aromatic carbocycles. The van der Waals surface area contributed by atoms with Gasteiger partial charge in [-0.3, -0.25) is 14.6 Å². The average Bonchev–Trinajstić information content (AvgIpc) is 2.81. The van der Waals surface area contributed by atoms with E-state index in [4.69, 9.17) is 0 Å². The van der Waals surface area contributed by atoms with Gasteiger partial charge in [0.15, 0.2) is 0 Å². The zero-order valence-corrected chi connectivity index (χ0v) is 13.4. The highest BCUT2D eigenvalue weighted by atomic mass is 19.1. The maximum atomic E-state index is 13.8. The number of carbonyl (C=O) groups is 2. The first-order valence-electron chi connectivity index (χ1n) is 7.72. The summed E-state index contributed by atoms with van der Waals surface area (Å²) in [5, 5.41) is 10.2. The Morgan fingerprint density at radius 1 is 1.12 bits per heavy atom. The second-order valence-corrected chi connectivity index (χ2v) is 5.79. The number of carbonyl (C=O) groups excluding carboxylic acids is 2. The van der Waals surface area contributed by atoms with Gasteiger partial charge in [0, 0.05) is 11.3 Å². The molecule has 1 N–H and O–H groups in total. The number of benzene rings is 2. The maximum absolute atomic E-state index is 13.8. The molecule has 1 saturated heterocycles. The largest absolute Gasteiger partial charge is 0.386 e. The summed E-state index contributed by atoms with van der Waals surface area (Å²) < 4.78 is 27.1. The Balaban J connectivity index is 1.84. The Morgan fingerprint density at radius 3 is 2.48 bits per heavy atom. The minimum absolute atomic E-state index is 0.300. The van der Waals surface area contributed by atoms with E-state index in [2.05, 4.69) is 0 Å². The van der Waals surface area contributed by atoms with Crippen LogP contribution in [0.3, 0.4) is 0 Å². The lowest BCUT2D eigenvalue weighted by atomic mass is 10.1. The fourth-order valence-corrected chi connectivity index (χ4v) is 2.86. The minimum Gasteiger partial charge on any atom is -0.386 e. The SMILES string of the molecule is C[C@H]1C(=O)N(C[C@H](O)c2cc(F)ccc2F)C(=O)N1c1ccccc1. The van der Waals surface area contributed by atoms with Crippen molar-refractivity contribution in [3.8, 4) is 0 Å². The molecular weight excluding hydrogens is 330 g/mol. The molecule has 1 fully saturated rings. The quantitative estimate of drug-likeness (QED) is 0.866. The van der Waals surface area contributed by atoms with Crippen LogP contribution in [-0.4, -0.2) is 34.5 Å². The lowest BCUT2D eigenvalue weighted by Crippen LogP contribution is -2.36. The Morgan fingerprint density at radius 2 is 1.80 bits per heavy atom. The first kappa shape index (κ1) is 17.0. The van der Waals surface area contributed by atoms with Crippen LogP contribution in [0.25, 0.3) is 0 Å². The van der Waals surface area contributed by atoms with E-state index in [1.165, 1.54) is 4.90 Å². The van der Waals surface area contributed by atoms with Gasteiger partial charge >= 0.3 is 6.03 Å². The van der Waals surface area contributed by atoms with Crippen molar-refractivity contribution in [1.29, 1.82) is 0 Å². The van der Waals surface area contributed by atoms with Gasteiger partial charge in [-0.05, 0) is 37.3 Å². The number of aliphatic hydroxyl groups is 1. The van der Waals surface area contributed by atoms with E-state index in [0.29, 0.717) is 5.69 Å². The molecule has 0 bridgehead atoms. The van der Waals surface area contributed by atoms with Crippen molar-refractivity contribution < 1.29 is 23.5 Å². The van der Waals surface area contributed by atoms with Gasteiger partial charge in [0.1, 0.15) is 23.8 Å². The van der Waals surface area contributed by atoms with Crippen LogP contribution < -0.4 is 4.90 Å². The van der Waals surface area contributed by atoms with E-state index in [9.17, 15) is 23.5 Å². The fourth-order valence-electron chi connectivity index (χ4n) is 2.86. The molecule has 25 heavy (non-hydrogen) atoms. The molecule has 1 heterocycles. The number of hydrogen-bond acceptors (Lipinski definition) is 3. The molecule has 2 aromatic rings. The molecule has 1 aliphatic heterocycles. The number of amides is 3. The van der Waals surface area contributed by atoms with Crippen molar-refractivity contribution in [2.45, 2.75) is 19.1 Å². The van der Waals surface area contributed by atoms with Gasteiger partial charge in [0.2, 0.25) is 0 Å². The van der Waals surface area contributed by atoms with E-state index < -0.39 is 42.3 Å². The predicted molar refractivity (Wildman–Crippen MR) is 86.8 cm³/mol. The third-order valence-electron chi connectivity index (χ3n) is 4.15. The van der Waals surface area contributed by atoms with Gasteiger partial charge in [0.25, 0.3) is 5.91 Å². The Labute approximate surface area is 143 Å². The van der Waals surface area contributed by atoms with Crippen LogP contribution in [0.1, 0.15) is 18.6 Å². The van der Waals surface area contributed by atoms with Crippen molar-refractivity contribution in [3.63, 3.8) is 0 Å². The van der Waals surface area contributed by atoms with Crippen LogP contribution in [0.2, 0.25) is 0 Å². The maximum Gasteiger partial charge on any atom is 0.332 e. The summed E-state index contributed by atoms with van der Waals surface area (Å²) in [7, 11) is 0. The molecule has 3 amide bonds. The van der Waals surface area contributed by atoms with Gasteiger partial charge in [0.05, 0.1) is 6.54 Å². The van der Waals surface area contributed by atoms with Gasteiger partial charge in [-0.25, -0.2) is 13.6 Å². The van der Waals surface area contributed by atoms with Gasteiger partial charge < -0.3 is 5.11 Å². The van der Waals surface area contributed by atoms with Crippen molar-refractivity contribution >= 4 is 17.6 Å². The zero-order chi connectivity index (χ0) is 18.1. The van der Waals surface area contributed by atoms with Crippen molar-refractivity contribution in [2.24, 2.45) is 0 Å². The van der Waals surface area contributed by atoms with E-state index in [1.807, 2.05) is 0 Å². The number of aliphatic hydroxyl groups excluding tert-OH is 1. The highest BCUT2D eigenvalue weighted by molar-refractivity contribution is 6.14. The van der Waals surface area contributed by atoms with E-state index in [0.717, 1.165) is 23.1 Å². The number of β-amino-alcohol motifs (C(OH)–C–C–N with tert-alkyl or cyclic N) is 1. The van der Waals surface area contributed by atoms with Crippen LogP contribution in [0, 0.1) is 11.6 Å². The molecular formula is C18H16F2N2O3. The van der Waals surface area contributed by atoms with Crippen LogP contribution in [0.5, 0.6) is 0 Å². The van der Waals surface area contributed by atoms with Crippen LogP contribution in [-0.2, 0) is 4.79 Å². The number of nitrogens with zero attached hydrogens (tertiary/aromatic N) is 2. The molecule has 2 atom stereocenters. The lowest BCUT2D eigenvalue weighted by molar-refractivity contribution is -0.128. The fraction of sp³-hybridized carbons (Fsp3) is 0.222. The standard InChI is InChI=1S/C18H16F2N2O3/c1-11-17(24)21(18(25)22(11)13-5-3-2-4-6-13)10-16(23)14-9-12(19)7-8-15(14)20/h2-9,11,16,23H,10H2,1H3/t11-,16-/m0/s1. The predicted octanol–water partition coefficient (Wildman–Crippen LogP) is 2.86. The summed E-state index contributed by atoms with van der Waals surface area (Å²) in [4.78, 5) is 27.2. The number of imide groups is 1. The summed E-state index contributed by atoms with van der Waals surface area (Å²) in [6.45, 7) is 1.12. The second kappa shape index (κ2) is 6.60. The summed E-state index contributed by atoms with van der Waals surface area (Å²) in [5.41, 5.74) is 0.244. The molecule has 7 heteroatoms. The van der Waals surface area contributed by atoms with E-state index in [-0.39, 0.29) is 5.56 Å². The smallest absolute Gasteiger partial charge is 0.332 e.